The number of hydrogen-bond acceptors (Lipinski definition) is 3. The average molecular weight is 202 g/mol. The van der Waals surface area contributed by atoms with Crippen LogP contribution in [0.15, 0.2) is 12.1 Å². The van der Waals surface area contributed by atoms with Gasteiger partial charge in [-0.25, -0.2) is 0 Å². The second-order valence-corrected chi connectivity index (χ2v) is 2.50. The van der Waals surface area contributed by atoms with Crippen molar-refractivity contribution < 1.29 is 4.79 Å². The van der Waals surface area contributed by atoms with E-state index >= 15 is 0 Å². The number of amides is 1. The van der Waals surface area contributed by atoms with E-state index in [4.69, 9.17) is 11.5 Å². The first-order chi connectivity index (χ1) is 5.65. The monoisotopic (exact) mass is 201 g/mol. The maximum Gasteiger partial charge on any atom is 0.250 e. The Morgan fingerprint density at radius 3 is 2.54 bits per heavy atom. The van der Waals surface area contributed by atoms with E-state index < -0.39 is 5.91 Å². The molecule has 0 unspecified atom stereocenters. The highest BCUT2D eigenvalue weighted by Crippen LogP contribution is 2.05. The zero-order chi connectivity index (χ0) is 9.14. The number of hydrogen-bond donors (Lipinski definition) is 2. The molecule has 0 spiro atoms. The molecule has 1 aromatic rings. The molecule has 0 aliphatic rings. The summed E-state index contributed by atoms with van der Waals surface area (Å²) in [5.74, 6) is -0.455. The molecule has 13 heavy (non-hydrogen) atoms. The summed E-state index contributed by atoms with van der Waals surface area (Å²) in [5.41, 5.74) is 12.3. The SMILES string of the molecule is Cc1nc(CN)ccc1C(N)=O.Cl. The Morgan fingerprint density at radius 2 is 2.15 bits per heavy atom. The highest BCUT2D eigenvalue weighted by molar-refractivity contribution is 5.93. The summed E-state index contributed by atoms with van der Waals surface area (Å²) < 4.78 is 0. The first-order valence-corrected chi connectivity index (χ1v) is 3.61. The summed E-state index contributed by atoms with van der Waals surface area (Å²) in [6.07, 6.45) is 0. The number of nitrogens with zero attached hydrogens (tertiary/aromatic N) is 1. The zero-order valence-corrected chi connectivity index (χ0v) is 8.10. The van der Waals surface area contributed by atoms with Crippen molar-refractivity contribution in [1.82, 2.24) is 4.98 Å². The fourth-order valence-corrected chi connectivity index (χ4v) is 0.987. The molecule has 1 aromatic heterocycles. The number of aryl methyl sites for hydroxylation is 1. The lowest BCUT2D eigenvalue weighted by atomic mass is 10.2. The third kappa shape index (κ3) is 2.68. The van der Waals surface area contributed by atoms with E-state index in [-0.39, 0.29) is 12.4 Å². The van der Waals surface area contributed by atoms with Gasteiger partial charge in [-0.2, -0.15) is 0 Å². The lowest BCUT2D eigenvalue weighted by molar-refractivity contribution is 0.0999. The summed E-state index contributed by atoms with van der Waals surface area (Å²) >= 11 is 0. The molecule has 0 saturated carbocycles. The molecule has 5 heteroatoms. The standard InChI is InChI=1S/C8H11N3O.ClH/c1-5-7(8(10)12)3-2-6(4-9)11-5;/h2-3H,4,9H2,1H3,(H2,10,12);1H. The highest BCUT2D eigenvalue weighted by Gasteiger charge is 2.05. The summed E-state index contributed by atoms with van der Waals surface area (Å²) in [4.78, 5) is 14.9. The molecular formula is C8H12ClN3O. The quantitative estimate of drug-likeness (QED) is 0.725. The lowest BCUT2D eigenvalue weighted by Crippen LogP contribution is -2.14. The number of carbonyl (C=O) groups is 1. The number of carbonyl (C=O) groups excluding carboxylic acids is 1. The van der Waals surface area contributed by atoms with Gasteiger partial charge in [0, 0.05) is 6.54 Å². The van der Waals surface area contributed by atoms with E-state index in [1.54, 1.807) is 19.1 Å². The van der Waals surface area contributed by atoms with E-state index in [0.717, 1.165) is 5.69 Å². The minimum Gasteiger partial charge on any atom is -0.366 e. The second-order valence-electron chi connectivity index (χ2n) is 2.50. The summed E-state index contributed by atoms with van der Waals surface area (Å²) in [6.45, 7) is 2.11. The zero-order valence-electron chi connectivity index (χ0n) is 7.28. The van der Waals surface area contributed by atoms with Gasteiger partial charge in [-0.1, -0.05) is 0 Å². The molecule has 0 aromatic carbocycles. The average Bonchev–Trinajstić information content (AvgIpc) is 2.03. The van der Waals surface area contributed by atoms with Crippen LogP contribution in [-0.2, 0) is 6.54 Å². The molecule has 0 saturated heterocycles. The molecule has 0 aliphatic carbocycles. The first-order valence-electron chi connectivity index (χ1n) is 3.61. The van der Waals surface area contributed by atoms with Crippen LogP contribution < -0.4 is 11.5 Å². The van der Waals surface area contributed by atoms with Crippen molar-refractivity contribution in [2.75, 3.05) is 0 Å². The molecular weight excluding hydrogens is 190 g/mol. The Kier molecular flexibility index (Phi) is 4.37. The van der Waals surface area contributed by atoms with Crippen molar-refractivity contribution in [2.24, 2.45) is 11.5 Å². The molecule has 1 heterocycles. The van der Waals surface area contributed by atoms with Crippen molar-refractivity contribution in [2.45, 2.75) is 13.5 Å². The van der Waals surface area contributed by atoms with Crippen LogP contribution in [0, 0.1) is 6.92 Å². The second kappa shape index (κ2) is 4.79. The van der Waals surface area contributed by atoms with Crippen LogP contribution in [0.25, 0.3) is 0 Å². The molecule has 0 fully saturated rings. The molecule has 0 bridgehead atoms. The fraction of sp³-hybridized carbons (Fsp3) is 0.250. The van der Waals surface area contributed by atoms with Crippen LogP contribution in [0.5, 0.6) is 0 Å². The Balaban J connectivity index is 0.00000144. The van der Waals surface area contributed by atoms with E-state index in [1.807, 2.05) is 0 Å². The van der Waals surface area contributed by atoms with Gasteiger partial charge in [-0.15, -0.1) is 12.4 Å². The number of pyridine rings is 1. The van der Waals surface area contributed by atoms with Crippen molar-refractivity contribution in [3.8, 4) is 0 Å². The van der Waals surface area contributed by atoms with Crippen LogP contribution in [0.1, 0.15) is 21.7 Å². The van der Waals surface area contributed by atoms with Crippen molar-refractivity contribution in [3.63, 3.8) is 0 Å². The maximum atomic E-state index is 10.8. The minimum atomic E-state index is -0.455. The summed E-state index contributed by atoms with van der Waals surface area (Å²) in [6, 6.07) is 3.35. The number of halogens is 1. The van der Waals surface area contributed by atoms with Gasteiger partial charge < -0.3 is 11.5 Å². The molecule has 0 radical (unpaired) electrons. The van der Waals surface area contributed by atoms with Crippen LogP contribution in [0.2, 0.25) is 0 Å². The smallest absolute Gasteiger partial charge is 0.250 e. The number of nitrogens with two attached hydrogens (primary N) is 2. The van der Waals surface area contributed by atoms with Gasteiger partial charge >= 0.3 is 0 Å². The topological polar surface area (TPSA) is 82.0 Å². The van der Waals surface area contributed by atoms with E-state index in [1.165, 1.54) is 0 Å². The minimum absolute atomic E-state index is 0. The van der Waals surface area contributed by atoms with Crippen LogP contribution in [-0.4, -0.2) is 10.9 Å². The van der Waals surface area contributed by atoms with E-state index in [2.05, 4.69) is 4.98 Å². The van der Waals surface area contributed by atoms with Crippen molar-refractivity contribution >= 4 is 18.3 Å². The Labute approximate surface area is 82.7 Å². The first kappa shape index (κ1) is 11.9. The molecule has 1 rings (SSSR count). The summed E-state index contributed by atoms with van der Waals surface area (Å²) in [7, 11) is 0. The Bertz CT molecular complexity index is 314. The van der Waals surface area contributed by atoms with Crippen LogP contribution >= 0.6 is 12.4 Å². The molecule has 1 amide bonds. The predicted octanol–water partition coefficient (Wildman–Crippen LogP) is 0.369. The van der Waals surface area contributed by atoms with Gasteiger partial charge in [0.15, 0.2) is 0 Å². The van der Waals surface area contributed by atoms with Crippen molar-refractivity contribution in [3.05, 3.63) is 29.1 Å². The normalized spacial score (nSPS) is 9.08. The van der Waals surface area contributed by atoms with E-state index in [9.17, 15) is 4.79 Å². The summed E-state index contributed by atoms with van der Waals surface area (Å²) in [5, 5.41) is 0. The maximum absolute atomic E-state index is 10.8. The van der Waals surface area contributed by atoms with Gasteiger partial charge in [0.25, 0.3) is 5.91 Å². The van der Waals surface area contributed by atoms with Gasteiger partial charge in [-0.3, -0.25) is 9.78 Å². The number of primary amides is 1. The molecule has 4 nitrogen and oxygen atoms in total. The van der Waals surface area contributed by atoms with Gasteiger partial charge in [0.2, 0.25) is 0 Å². The third-order valence-electron chi connectivity index (χ3n) is 1.62. The molecule has 72 valence electrons. The molecule has 4 N–H and O–H groups in total. The highest BCUT2D eigenvalue weighted by atomic mass is 35.5. The van der Waals surface area contributed by atoms with Gasteiger partial charge in [0.05, 0.1) is 17.0 Å². The largest absolute Gasteiger partial charge is 0.366 e. The van der Waals surface area contributed by atoms with Gasteiger partial charge in [0.1, 0.15) is 0 Å². The van der Waals surface area contributed by atoms with Crippen LogP contribution in [0.4, 0.5) is 0 Å². The number of aromatic nitrogens is 1. The third-order valence-corrected chi connectivity index (χ3v) is 1.62. The molecule has 0 aliphatic heterocycles. The Morgan fingerprint density at radius 1 is 1.54 bits per heavy atom. The van der Waals surface area contributed by atoms with Crippen LogP contribution in [0.3, 0.4) is 0 Å². The fourth-order valence-electron chi connectivity index (χ4n) is 0.987. The lowest BCUT2D eigenvalue weighted by Gasteiger charge is -2.02. The Hall–Kier alpha value is -1.13. The number of rotatable bonds is 2. The van der Waals surface area contributed by atoms with E-state index in [0.29, 0.717) is 17.8 Å². The predicted molar refractivity (Wildman–Crippen MR) is 52.6 cm³/mol. The van der Waals surface area contributed by atoms with Crippen molar-refractivity contribution in [1.29, 1.82) is 0 Å². The van der Waals surface area contributed by atoms with Gasteiger partial charge in [-0.05, 0) is 19.1 Å². The molecule has 0 atom stereocenters.